The highest BCUT2D eigenvalue weighted by atomic mass is 35.5. The van der Waals surface area contributed by atoms with E-state index in [9.17, 15) is 15.0 Å². The fourth-order valence-electron chi connectivity index (χ4n) is 4.60. The zero-order chi connectivity index (χ0) is 21.2. The third kappa shape index (κ3) is 7.58. The molecule has 1 aromatic rings. The summed E-state index contributed by atoms with van der Waals surface area (Å²) in [5.41, 5.74) is 2.04. The summed E-state index contributed by atoms with van der Waals surface area (Å²) >= 11 is 6.57. The molecule has 1 aromatic carbocycles. The molecule has 0 amide bonds. The Morgan fingerprint density at radius 2 is 1.79 bits per heavy atom. The molecule has 1 fully saturated rings. The maximum absolute atomic E-state index is 10.6. The van der Waals surface area contributed by atoms with E-state index in [0.29, 0.717) is 6.42 Å². The molecule has 29 heavy (non-hydrogen) atoms. The molecular formula is C24H37ClO4. The van der Waals surface area contributed by atoms with Crippen LogP contribution in [-0.2, 0) is 4.79 Å². The smallest absolute Gasteiger partial charge is 0.303 e. The topological polar surface area (TPSA) is 77.8 Å². The number of halogens is 1. The van der Waals surface area contributed by atoms with Gasteiger partial charge in [0.05, 0.1) is 12.2 Å². The van der Waals surface area contributed by atoms with Gasteiger partial charge in [-0.1, -0.05) is 69.7 Å². The first kappa shape index (κ1) is 24.2. The minimum absolute atomic E-state index is 0.0304. The van der Waals surface area contributed by atoms with Crippen molar-refractivity contribution in [1.29, 1.82) is 0 Å². The van der Waals surface area contributed by atoms with Crippen LogP contribution in [0.5, 0.6) is 0 Å². The number of benzene rings is 1. The van der Waals surface area contributed by atoms with Crippen LogP contribution in [-0.4, -0.2) is 32.8 Å². The lowest BCUT2D eigenvalue weighted by Gasteiger charge is -2.24. The summed E-state index contributed by atoms with van der Waals surface area (Å²) in [6, 6.07) is 8.06. The number of aliphatic carboxylic acids is 1. The lowest BCUT2D eigenvalue weighted by atomic mass is 9.83. The van der Waals surface area contributed by atoms with Gasteiger partial charge in [-0.25, -0.2) is 0 Å². The van der Waals surface area contributed by atoms with Crippen molar-refractivity contribution < 1.29 is 20.1 Å². The fourth-order valence-corrected chi connectivity index (χ4v) is 5.06. The van der Waals surface area contributed by atoms with Gasteiger partial charge in [-0.05, 0) is 42.7 Å². The van der Waals surface area contributed by atoms with Gasteiger partial charge in [-0.2, -0.15) is 0 Å². The summed E-state index contributed by atoms with van der Waals surface area (Å²) < 4.78 is 0. The van der Waals surface area contributed by atoms with Crippen molar-refractivity contribution in [2.24, 2.45) is 5.92 Å². The molecule has 5 atom stereocenters. The standard InChI is InChI=1S/C24H37ClO4/c1-2-3-6-10-21(26)17-12-14-18(15-13-17)24-19(20(25)16-22(24)27)9-7-4-5-8-11-23(28)29/h12-15,19-22,24,26-27H,2-11,16H2,1H3,(H,28,29)/t19-,20+,21-,22+,24+/m0/s1. The molecule has 1 aliphatic rings. The minimum atomic E-state index is -0.733. The van der Waals surface area contributed by atoms with E-state index in [4.69, 9.17) is 16.7 Å². The summed E-state index contributed by atoms with van der Waals surface area (Å²) in [6.07, 6.45) is 8.68. The molecule has 0 radical (unpaired) electrons. The molecule has 1 saturated carbocycles. The van der Waals surface area contributed by atoms with Crippen molar-refractivity contribution in [3.8, 4) is 0 Å². The Bertz CT molecular complexity index is 603. The first-order chi connectivity index (χ1) is 13.9. The number of aliphatic hydroxyl groups is 2. The average Bonchev–Trinajstić information content (AvgIpc) is 2.97. The maximum Gasteiger partial charge on any atom is 0.303 e. The van der Waals surface area contributed by atoms with Gasteiger partial charge in [0.2, 0.25) is 0 Å². The van der Waals surface area contributed by atoms with Crippen LogP contribution in [0.15, 0.2) is 24.3 Å². The Hall–Kier alpha value is -1.10. The van der Waals surface area contributed by atoms with E-state index in [1.807, 2.05) is 24.3 Å². The first-order valence-electron chi connectivity index (χ1n) is 11.3. The molecule has 2 rings (SSSR count). The van der Waals surface area contributed by atoms with Gasteiger partial charge in [-0.3, -0.25) is 4.79 Å². The van der Waals surface area contributed by atoms with E-state index in [0.717, 1.165) is 68.9 Å². The Kier molecular flexibility index (Phi) is 10.5. The molecule has 0 unspecified atom stereocenters. The van der Waals surface area contributed by atoms with E-state index in [2.05, 4.69) is 6.92 Å². The van der Waals surface area contributed by atoms with Crippen LogP contribution < -0.4 is 0 Å². The van der Waals surface area contributed by atoms with Gasteiger partial charge in [0.1, 0.15) is 0 Å². The zero-order valence-electron chi connectivity index (χ0n) is 17.6. The first-order valence-corrected chi connectivity index (χ1v) is 11.7. The predicted molar refractivity (Wildman–Crippen MR) is 117 cm³/mol. The SMILES string of the molecule is CCCCC[C@H](O)c1ccc([C@@H]2[C@@H](CCCCCCC(=O)O)[C@H](Cl)C[C@H]2O)cc1. The largest absolute Gasteiger partial charge is 0.481 e. The van der Waals surface area contributed by atoms with Crippen LogP contribution in [0.2, 0.25) is 0 Å². The number of unbranched alkanes of at least 4 members (excludes halogenated alkanes) is 5. The second kappa shape index (κ2) is 12.6. The second-order valence-corrected chi connectivity index (χ2v) is 9.09. The molecule has 0 aliphatic heterocycles. The lowest BCUT2D eigenvalue weighted by Crippen LogP contribution is -2.19. The number of aliphatic hydroxyl groups excluding tert-OH is 2. The van der Waals surface area contributed by atoms with E-state index >= 15 is 0 Å². The summed E-state index contributed by atoms with van der Waals surface area (Å²) in [5.74, 6) is -0.474. The van der Waals surface area contributed by atoms with Crippen molar-refractivity contribution in [1.82, 2.24) is 0 Å². The van der Waals surface area contributed by atoms with Crippen LogP contribution in [0.25, 0.3) is 0 Å². The number of carboxylic acid groups (broad SMARTS) is 1. The molecule has 5 heteroatoms. The zero-order valence-corrected chi connectivity index (χ0v) is 18.4. The molecule has 164 valence electrons. The van der Waals surface area contributed by atoms with Crippen LogP contribution >= 0.6 is 11.6 Å². The highest BCUT2D eigenvalue weighted by molar-refractivity contribution is 6.21. The molecule has 0 heterocycles. The summed E-state index contributed by atoms with van der Waals surface area (Å²) in [5, 5.41) is 29.7. The molecule has 4 nitrogen and oxygen atoms in total. The molecule has 1 aliphatic carbocycles. The van der Waals surface area contributed by atoms with Gasteiger partial charge in [0.15, 0.2) is 0 Å². The van der Waals surface area contributed by atoms with Crippen molar-refractivity contribution in [3.63, 3.8) is 0 Å². The van der Waals surface area contributed by atoms with Gasteiger partial charge in [-0.15, -0.1) is 11.6 Å². The molecule has 0 saturated heterocycles. The van der Waals surface area contributed by atoms with E-state index in [1.165, 1.54) is 0 Å². The molecule has 0 bridgehead atoms. The number of hydrogen-bond acceptors (Lipinski definition) is 3. The molecule has 0 aromatic heterocycles. The quantitative estimate of drug-likeness (QED) is 0.276. The van der Waals surface area contributed by atoms with Gasteiger partial charge < -0.3 is 15.3 Å². The number of hydrogen-bond donors (Lipinski definition) is 3. The van der Waals surface area contributed by atoms with Gasteiger partial charge in [0.25, 0.3) is 0 Å². The third-order valence-electron chi connectivity index (χ3n) is 6.27. The molecule has 3 N–H and O–H groups in total. The minimum Gasteiger partial charge on any atom is -0.481 e. The normalized spacial score (nSPS) is 25.2. The average molecular weight is 425 g/mol. The van der Waals surface area contributed by atoms with E-state index < -0.39 is 18.2 Å². The highest BCUT2D eigenvalue weighted by Crippen LogP contribution is 2.45. The van der Waals surface area contributed by atoms with Crippen LogP contribution in [0, 0.1) is 5.92 Å². The van der Waals surface area contributed by atoms with Crippen molar-refractivity contribution >= 4 is 17.6 Å². The number of rotatable bonds is 13. The van der Waals surface area contributed by atoms with Crippen molar-refractivity contribution in [3.05, 3.63) is 35.4 Å². The fraction of sp³-hybridized carbons (Fsp3) is 0.708. The van der Waals surface area contributed by atoms with Crippen molar-refractivity contribution in [2.45, 2.75) is 101 Å². The number of carbonyl (C=O) groups is 1. The Balaban J connectivity index is 1.91. The van der Waals surface area contributed by atoms with E-state index in [-0.39, 0.29) is 23.6 Å². The second-order valence-electron chi connectivity index (χ2n) is 8.53. The van der Waals surface area contributed by atoms with Crippen molar-refractivity contribution in [2.75, 3.05) is 0 Å². The van der Waals surface area contributed by atoms with Crippen LogP contribution in [0.3, 0.4) is 0 Å². The van der Waals surface area contributed by atoms with Crippen LogP contribution in [0.4, 0.5) is 0 Å². The van der Waals surface area contributed by atoms with Gasteiger partial charge in [0, 0.05) is 17.7 Å². The number of alkyl halides is 1. The Morgan fingerprint density at radius 3 is 2.45 bits per heavy atom. The van der Waals surface area contributed by atoms with E-state index in [1.54, 1.807) is 0 Å². The predicted octanol–water partition coefficient (Wildman–Crippen LogP) is 5.80. The summed E-state index contributed by atoms with van der Waals surface area (Å²) in [6.45, 7) is 2.16. The molecule has 0 spiro atoms. The Labute approximate surface area is 180 Å². The maximum atomic E-state index is 10.6. The third-order valence-corrected chi connectivity index (χ3v) is 6.77. The number of carboxylic acids is 1. The van der Waals surface area contributed by atoms with Gasteiger partial charge >= 0.3 is 5.97 Å². The summed E-state index contributed by atoms with van der Waals surface area (Å²) in [7, 11) is 0. The molecular weight excluding hydrogens is 388 g/mol. The monoisotopic (exact) mass is 424 g/mol. The Morgan fingerprint density at radius 1 is 1.10 bits per heavy atom. The highest BCUT2D eigenvalue weighted by Gasteiger charge is 2.41. The van der Waals surface area contributed by atoms with Crippen LogP contribution in [0.1, 0.15) is 101 Å². The summed E-state index contributed by atoms with van der Waals surface area (Å²) in [4.78, 5) is 10.6. The lowest BCUT2D eigenvalue weighted by molar-refractivity contribution is -0.137.